The maximum atomic E-state index is 14.8. The molecule has 1 aliphatic heterocycles. The van der Waals surface area contributed by atoms with Gasteiger partial charge in [-0.3, -0.25) is 33.7 Å². The molecule has 15 nitrogen and oxygen atoms in total. The van der Waals surface area contributed by atoms with Crippen LogP contribution in [-0.2, 0) is 39.9 Å². The van der Waals surface area contributed by atoms with Gasteiger partial charge in [0, 0.05) is 50.2 Å². The lowest BCUT2D eigenvalue weighted by molar-refractivity contribution is -0.160. The number of thiazole rings is 1. The van der Waals surface area contributed by atoms with Crippen LogP contribution in [0.3, 0.4) is 0 Å². The van der Waals surface area contributed by atoms with Crippen LogP contribution in [0.2, 0.25) is 0 Å². The van der Waals surface area contributed by atoms with E-state index in [0.717, 1.165) is 36.3 Å². The van der Waals surface area contributed by atoms with Crippen LogP contribution in [0.5, 0.6) is 5.75 Å². The number of amides is 4. The third-order valence-electron chi connectivity index (χ3n) is 11.0. The minimum absolute atomic E-state index is 0.0581. The average molecular weight is 843 g/mol. The predicted molar refractivity (Wildman–Crippen MR) is 225 cm³/mol. The van der Waals surface area contributed by atoms with Crippen molar-refractivity contribution in [2.75, 3.05) is 27.4 Å². The molecule has 0 bridgehead atoms. The Morgan fingerprint density at radius 1 is 1.02 bits per heavy atom. The van der Waals surface area contributed by atoms with Gasteiger partial charge in [0.1, 0.15) is 22.5 Å². The highest BCUT2D eigenvalue weighted by Crippen LogP contribution is 2.32. The van der Waals surface area contributed by atoms with Gasteiger partial charge in [-0.1, -0.05) is 66.5 Å². The molecule has 2 aromatic rings. The second-order valence-corrected chi connectivity index (χ2v) is 17.0. The normalized spacial score (nSPS) is 17.4. The number of carbonyl (C=O) groups excluding carboxylic acids is 6. The van der Waals surface area contributed by atoms with E-state index in [1.807, 2.05) is 46.6 Å². The Morgan fingerprint density at radius 3 is 2.31 bits per heavy atom. The van der Waals surface area contributed by atoms with Crippen molar-refractivity contribution in [3.05, 3.63) is 45.9 Å². The van der Waals surface area contributed by atoms with Gasteiger partial charge in [-0.05, 0) is 75.2 Å². The molecule has 3 rings (SSSR count). The molecule has 0 spiro atoms. The van der Waals surface area contributed by atoms with Crippen LogP contribution in [0.15, 0.2) is 29.6 Å². The largest absolute Gasteiger partial charge is 0.508 e. The number of esters is 2. The summed E-state index contributed by atoms with van der Waals surface area (Å²) in [5.74, 6) is -3.17. The quantitative estimate of drug-likeness (QED) is 0.0907. The summed E-state index contributed by atoms with van der Waals surface area (Å²) in [6.45, 7) is 13.0. The summed E-state index contributed by atoms with van der Waals surface area (Å²) in [7, 11) is 3.46. The number of phenols is 1. The lowest BCUT2D eigenvalue weighted by atomic mass is 9.92. The molecule has 0 saturated carbocycles. The summed E-state index contributed by atoms with van der Waals surface area (Å²) in [4.78, 5) is 88.1. The Labute approximate surface area is 353 Å². The van der Waals surface area contributed by atoms with Gasteiger partial charge >= 0.3 is 11.9 Å². The summed E-state index contributed by atoms with van der Waals surface area (Å²) < 4.78 is 11.5. The second-order valence-electron chi connectivity index (χ2n) is 16.1. The van der Waals surface area contributed by atoms with E-state index in [9.17, 15) is 33.9 Å². The van der Waals surface area contributed by atoms with Gasteiger partial charge in [0.25, 0.3) is 5.91 Å². The van der Waals surface area contributed by atoms with Gasteiger partial charge < -0.3 is 35.4 Å². The number of aromatic nitrogens is 1. The number of nitrogens with zero attached hydrogens (tertiary/aromatic N) is 3. The monoisotopic (exact) mass is 842 g/mol. The molecule has 0 radical (unpaired) electrons. The molecule has 1 unspecified atom stereocenters. The van der Waals surface area contributed by atoms with Crippen molar-refractivity contribution in [2.45, 2.75) is 137 Å². The Kier molecular flexibility index (Phi) is 19.7. The number of rotatable bonds is 22. The molecule has 1 saturated heterocycles. The first-order chi connectivity index (χ1) is 28.0. The fourth-order valence-electron chi connectivity index (χ4n) is 7.33. The van der Waals surface area contributed by atoms with E-state index >= 15 is 0 Å². The Balaban J connectivity index is 1.95. The van der Waals surface area contributed by atoms with Gasteiger partial charge in [0.05, 0.1) is 6.04 Å². The van der Waals surface area contributed by atoms with Crippen LogP contribution in [0, 0.1) is 17.8 Å². The van der Waals surface area contributed by atoms with Gasteiger partial charge in [0.15, 0.2) is 12.8 Å². The number of aromatic hydroxyl groups is 1. The van der Waals surface area contributed by atoms with Crippen LogP contribution >= 0.6 is 11.3 Å². The van der Waals surface area contributed by atoms with E-state index in [4.69, 9.17) is 9.47 Å². The minimum Gasteiger partial charge on any atom is -0.508 e. The fraction of sp³-hybridized carbons (Fsp3) is 0.651. The molecule has 4 amide bonds. The van der Waals surface area contributed by atoms with E-state index in [0.29, 0.717) is 37.1 Å². The first-order valence-corrected chi connectivity index (χ1v) is 21.8. The maximum absolute atomic E-state index is 14.8. The lowest BCUT2D eigenvalue weighted by Gasteiger charge is -2.39. The maximum Gasteiger partial charge on any atom is 0.307 e. The number of likely N-dealkylation sites (tertiary alicyclic amines) is 1. The number of nitrogens with one attached hydrogen (secondary N) is 3. The van der Waals surface area contributed by atoms with Crippen molar-refractivity contribution in [1.82, 2.24) is 30.7 Å². The van der Waals surface area contributed by atoms with E-state index in [1.165, 1.54) is 11.8 Å². The Morgan fingerprint density at radius 2 is 1.71 bits per heavy atom. The average Bonchev–Trinajstić information content (AvgIpc) is 3.70. The minimum atomic E-state index is -0.985. The molecule has 16 heteroatoms. The number of benzene rings is 1. The zero-order valence-corrected chi connectivity index (χ0v) is 37.1. The summed E-state index contributed by atoms with van der Waals surface area (Å²) >= 11 is 1.13. The topological polar surface area (TPSA) is 197 Å². The van der Waals surface area contributed by atoms with Gasteiger partial charge in [0.2, 0.25) is 17.7 Å². The highest BCUT2D eigenvalue weighted by molar-refractivity contribution is 7.09. The van der Waals surface area contributed by atoms with E-state index in [1.54, 1.807) is 43.6 Å². The summed E-state index contributed by atoms with van der Waals surface area (Å²) in [5.41, 5.74) is 0.932. The number of hydrogen-bond acceptors (Lipinski definition) is 12. The SMILES string of the molecule is CCCC(=O)OCN(C(=O)[C@@H](NC(=O)[C@H]1CCCCN1C)C(C)CC)[C@H](C[C@@H](OC(C)=O)c1nc(C(=O)N[C@@H](Cc2ccc(O)cc2)C[C@H](C)C(=O)NC)cs1)C(C)C. The summed E-state index contributed by atoms with van der Waals surface area (Å²) in [5, 5.41) is 20.4. The van der Waals surface area contributed by atoms with Gasteiger partial charge in [-0.2, -0.15) is 0 Å². The lowest BCUT2D eigenvalue weighted by Crippen LogP contribution is -2.59. The van der Waals surface area contributed by atoms with Crippen molar-refractivity contribution in [3.8, 4) is 5.75 Å². The van der Waals surface area contributed by atoms with Crippen molar-refractivity contribution in [1.29, 1.82) is 0 Å². The van der Waals surface area contributed by atoms with E-state index in [2.05, 4.69) is 20.9 Å². The predicted octanol–water partition coefficient (Wildman–Crippen LogP) is 5.13. The molecule has 1 aromatic carbocycles. The van der Waals surface area contributed by atoms with Crippen LogP contribution in [0.4, 0.5) is 0 Å². The van der Waals surface area contributed by atoms with Crippen molar-refractivity contribution < 1.29 is 43.3 Å². The van der Waals surface area contributed by atoms with Crippen LogP contribution in [0.25, 0.3) is 0 Å². The molecule has 1 aliphatic rings. The molecule has 4 N–H and O–H groups in total. The standard InChI is InChI=1S/C43H66N6O9S/c1-10-14-37(52)57-25-49(43(56)38(27(5)11-2)47-41(55)34-15-12-13-20-48(34)9)35(26(3)4)23-36(58-29(7)50)42-46-33(24-59-42)40(54)45-31(21-28(6)39(53)44-8)22-30-16-18-32(51)19-17-30/h16-19,24,26-28,31,34-36,38,51H,10-15,20-23,25H2,1-9H3,(H,44,53)(H,45,54)(H,47,55)/t27?,28-,31+,34+,35+,36+,38-/m0/s1. The van der Waals surface area contributed by atoms with Gasteiger partial charge in [-0.15, -0.1) is 11.3 Å². The van der Waals surface area contributed by atoms with Crippen LogP contribution in [-0.4, -0.2) is 107 Å². The molecule has 2 heterocycles. The number of ether oxygens (including phenoxy) is 2. The number of hydrogen-bond donors (Lipinski definition) is 4. The smallest absolute Gasteiger partial charge is 0.307 e. The van der Waals surface area contributed by atoms with Crippen molar-refractivity contribution in [2.24, 2.45) is 17.8 Å². The molecule has 7 atom stereocenters. The van der Waals surface area contributed by atoms with E-state index in [-0.39, 0.29) is 60.7 Å². The third kappa shape index (κ3) is 14.9. The Bertz CT molecular complexity index is 1700. The molecule has 328 valence electrons. The molecule has 0 aliphatic carbocycles. The molecule has 1 aromatic heterocycles. The Hall–Kier alpha value is -4.57. The number of likely N-dealkylation sites (N-methyl/N-ethyl adjacent to an activating group) is 1. The molecule has 59 heavy (non-hydrogen) atoms. The van der Waals surface area contributed by atoms with E-state index < -0.39 is 53.9 Å². The molecular weight excluding hydrogens is 777 g/mol. The second kappa shape index (κ2) is 23.9. The zero-order valence-electron chi connectivity index (χ0n) is 36.2. The number of phenolic OH excluding ortho intramolecular Hbond substituents is 1. The summed E-state index contributed by atoms with van der Waals surface area (Å²) in [6, 6.07) is 4.20. The highest BCUT2D eigenvalue weighted by atomic mass is 32.1. The van der Waals surface area contributed by atoms with Crippen LogP contribution in [0.1, 0.15) is 127 Å². The first kappa shape index (κ1) is 48.8. The molecular formula is C43H66N6O9S. The molecule has 1 fully saturated rings. The summed E-state index contributed by atoms with van der Waals surface area (Å²) in [6.07, 6.45) is 3.69. The van der Waals surface area contributed by atoms with Crippen molar-refractivity contribution >= 4 is 46.9 Å². The first-order valence-electron chi connectivity index (χ1n) is 20.9. The zero-order chi connectivity index (χ0) is 43.8. The highest BCUT2D eigenvalue weighted by Gasteiger charge is 2.39. The number of carbonyl (C=O) groups is 6. The fourth-order valence-corrected chi connectivity index (χ4v) is 8.16. The van der Waals surface area contributed by atoms with Crippen molar-refractivity contribution in [3.63, 3.8) is 0 Å². The van der Waals surface area contributed by atoms with Gasteiger partial charge in [-0.25, -0.2) is 4.98 Å². The third-order valence-corrected chi connectivity index (χ3v) is 11.9. The van der Waals surface area contributed by atoms with Crippen LogP contribution < -0.4 is 16.0 Å². The number of piperidine rings is 1.